The molecule has 0 saturated carbocycles. The fourth-order valence-electron chi connectivity index (χ4n) is 3.95. The molecule has 1 amide bonds. The van der Waals surface area contributed by atoms with E-state index in [4.69, 9.17) is 9.47 Å². The molecule has 3 saturated heterocycles. The van der Waals surface area contributed by atoms with Crippen LogP contribution in [0.1, 0.15) is 25.3 Å². The molecule has 6 nitrogen and oxygen atoms in total. The molecule has 1 aromatic heterocycles. The first kappa shape index (κ1) is 18.9. The zero-order valence-electron chi connectivity index (χ0n) is 16.3. The van der Waals surface area contributed by atoms with Crippen molar-refractivity contribution >= 4 is 6.09 Å². The Kier molecular flexibility index (Phi) is 5.88. The molecule has 3 fully saturated rings. The highest BCUT2D eigenvalue weighted by atomic mass is 16.6. The van der Waals surface area contributed by atoms with Gasteiger partial charge in [0.15, 0.2) is 0 Å². The Morgan fingerprint density at radius 2 is 1.86 bits per heavy atom. The maximum absolute atomic E-state index is 12.7. The van der Waals surface area contributed by atoms with E-state index in [1.54, 1.807) is 0 Å². The minimum Gasteiger partial charge on any atom is -0.410 e. The third kappa shape index (κ3) is 4.34. The van der Waals surface area contributed by atoms with Gasteiger partial charge in [-0.25, -0.2) is 4.79 Å². The van der Waals surface area contributed by atoms with Crippen molar-refractivity contribution in [1.29, 1.82) is 0 Å². The van der Waals surface area contributed by atoms with Gasteiger partial charge >= 0.3 is 6.09 Å². The van der Waals surface area contributed by atoms with Crippen LogP contribution in [0.2, 0.25) is 0 Å². The van der Waals surface area contributed by atoms with Crippen molar-refractivity contribution in [2.45, 2.75) is 32.4 Å². The summed E-state index contributed by atoms with van der Waals surface area (Å²) >= 11 is 0. The minimum absolute atomic E-state index is 0.234. The SMILES string of the molecule is CCOCc1cncc(-c2ccc(OC(=O)N3CCN4CCC3CC4)cc2)c1. The molecule has 0 atom stereocenters. The lowest BCUT2D eigenvalue weighted by molar-refractivity contribution is 0.131. The molecule has 2 aromatic rings. The fraction of sp³-hybridized carbons (Fsp3) is 0.455. The number of pyridine rings is 1. The standard InChI is InChI=1S/C22H27N3O3/c1-2-27-16-17-13-19(15-23-14-17)18-3-5-21(6-4-18)28-22(26)25-12-11-24-9-7-20(25)8-10-24/h3-6,13-15,20H,2,7-12,16H2,1H3. The van der Waals surface area contributed by atoms with Crippen molar-refractivity contribution in [3.05, 3.63) is 48.3 Å². The lowest BCUT2D eigenvalue weighted by atomic mass is 10.1. The number of hydrogen-bond donors (Lipinski definition) is 0. The first-order chi connectivity index (χ1) is 13.7. The van der Waals surface area contributed by atoms with Crippen LogP contribution in [0.3, 0.4) is 0 Å². The van der Waals surface area contributed by atoms with E-state index in [1.807, 2.05) is 48.5 Å². The Morgan fingerprint density at radius 1 is 1.07 bits per heavy atom. The number of amides is 1. The summed E-state index contributed by atoms with van der Waals surface area (Å²) in [4.78, 5) is 21.3. The highest BCUT2D eigenvalue weighted by molar-refractivity contribution is 5.72. The summed E-state index contributed by atoms with van der Waals surface area (Å²) in [6, 6.07) is 10.0. The second kappa shape index (κ2) is 8.71. The number of fused-ring (bicyclic) bond motifs is 4. The van der Waals surface area contributed by atoms with E-state index in [0.717, 1.165) is 55.7 Å². The number of carbonyl (C=O) groups excluding carboxylic acids is 1. The van der Waals surface area contributed by atoms with E-state index < -0.39 is 0 Å². The summed E-state index contributed by atoms with van der Waals surface area (Å²) < 4.78 is 11.1. The Hall–Kier alpha value is -2.44. The van der Waals surface area contributed by atoms with Crippen molar-refractivity contribution in [1.82, 2.24) is 14.8 Å². The zero-order valence-corrected chi connectivity index (χ0v) is 16.3. The molecule has 0 radical (unpaired) electrons. The summed E-state index contributed by atoms with van der Waals surface area (Å²) in [6.45, 7) is 7.07. The largest absolute Gasteiger partial charge is 0.415 e. The molecule has 5 rings (SSSR count). The maximum Gasteiger partial charge on any atom is 0.415 e. The van der Waals surface area contributed by atoms with Gasteiger partial charge in [-0.15, -0.1) is 0 Å². The molecule has 3 aliphatic heterocycles. The molecule has 0 aliphatic carbocycles. The Balaban J connectivity index is 1.41. The van der Waals surface area contributed by atoms with Crippen LogP contribution in [0.25, 0.3) is 11.1 Å². The number of rotatable bonds is 5. The van der Waals surface area contributed by atoms with Gasteiger partial charge in [-0.1, -0.05) is 12.1 Å². The van der Waals surface area contributed by atoms with Crippen LogP contribution in [0, 0.1) is 0 Å². The molecule has 148 valence electrons. The molecular weight excluding hydrogens is 354 g/mol. The van der Waals surface area contributed by atoms with E-state index in [1.165, 1.54) is 0 Å². The first-order valence-electron chi connectivity index (χ1n) is 10.1. The molecule has 1 aromatic carbocycles. The highest BCUT2D eigenvalue weighted by Gasteiger charge is 2.32. The molecule has 3 aliphatic rings. The van der Waals surface area contributed by atoms with Crippen molar-refractivity contribution < 1.29 is 14.3 Å². The van der Waals surface area contributed by atoms with Crippen molar-refractivity contribution in [3.63, 3.8) is 0 Å². The summed E-state index contributed by atoms with van der Waals surface area (Å²) in [5.74, 6) is 0.575. The number of aromatic nitrogens is 1. The topological polar surface area (TPSA) is 54.9 Å². The molecular formula is C22H27N3O3. The van der Waals surface area contributed by atoms with E-state index in [2.05, 4.69) is 16.0 Å². The van der Waals surface area contributed by atoms with Gasteiger partial charge in [0.2, 0.25) is 0 Å². The molecule has 4 heterocycles. The predicted molar refractivity (Wildman–Crippen MR) is 107 cm³/mol. The number of nitrogens with zero attached hydrogens (tertiary/aromatic N) is 3. The predicted octanol–water partition coefficient (Wildman–Crippen LogP) is 3.56. The van der Waals surface area contributed by atoms with Gasteiger partial charge in [0.05, 0.1) is 6.61 Å². The second-order valence-electron chi connectivity index (χ2n) is 7.38. The summed E-state index contributed by atoms with van der Waals surface area (Å²) in [7, 11) is 0. The lowest BCUT2D eigenvalue weighted by Gasteiger charge is -2.30. The van der Waals surface area contributed by atoms with Crippen LogP contribution < -0.4 is 4.74 Å². The summed E-state index contributed by atoms with van der Waals surface area (Å²) in [5.41, 5.74) is 3.10. The Bertz CT molecular complexity index is 801. The third-order valence-corrected chi connectivity index (χ3v) is 5.55. The van der Waals surface area contributed by atoms with Gasteiger partial charge in [0, 0.05) is 56.8 Å². The molecule has 0 spiro atoms. The van der Waals surface area contributed by atoms with Gasteiger partial charge in [-0.3, -0.25) is 4.98 Å². The van der Waals surface area contributed by atoms with Gasteiger partial charge < -0.3 is 19.3 Å². The Labute approximate surface area is 166 Å². The number of benzene rings is 1. The van der Waals surface area contributed by atoms with Crippen LogP contribution in [-0.2, 0) is 11.3 Å². The van der Waals surface area contributed by atoms with Crippen LogP contribution in [0.15, 0.2) is 42.7 Å². The Morgan fingerprint density at radius 3 is 2.61 bits per heavy atom. The monoisotopic (exact) mass is 381 g/mol. The van der Waals surface area contributed by atoms with Gasteiger partial charge in [-0.05, 0) is 49.1 Å². The highest BCUT2D eigenvalue weighted by Crippen LogP contribution is 2.25. The molecule has 28 heavy (non-hydrogen) atoms. The number of hydrogen-bond acceptors (Lipinski definition) is 5. The lowest BCUT2D eigenvalue weighted by Crippen LogP contribution is -2.43. The van der Waals surface area contributed by atoms with Gasteiger partial charge in [-0.2, -0.15) is 0 Å². The molecule has 6 heteroatoms. The zero-order chi connectivity index (χ0) is 19.3. The fourth-order valence-corrected chi connectivity index (χ4v) is 3.95. The smallest absolute Gasteiger partial charge is 0.410 e. The van der Waals surface area contributed by atoms with Crippen LogP contribution in [0.4, 0.5) is 4.79 Å². The van der Waals surface area contributed by atoms with Crippen LogP contribution in [0.5, 0.6) is 5.75 Å². The molecule has 2 bridgehead atoms. The van der Waals surface area contributed by atoms with Gasteiger partial charge in [0.25, 0.3) is 0 Å². The maximum atomic E-state index is 12.7. The van der Waals surface area contributed by atoms with Crippen molar-refractivity contribution in [3.8, 4) is 16.9 Å². The second-order valence-corrected chi connectivity index (χ2v) is 7.38. The number of ether oxygens (including phenoxy) is 2. The van der Waals surface area contributed by atoms with Crippen molar-refractivity contribution in [2.75, 3.05) is 32.8 Å². The minimum atomic E-state index is -0.234. The van der Waals surface area contributed by atoms with Gasteiger partial charge in [0.1, 0.15) is 5.75 Å². The summed E-state index contributed by atoms with van der Waals surface area (Å²) in [6.07, 6.45) is 5.50. The number of carbonyl (C=O) groups is 1. The molecule has 0 N–H and O–H groups in total. The van der Waals surface area contributed by atoms with E-state index in [-0.39, 0.29) is 6.09 Å². The van der Waals surface area contributed by atoms with E-state index in [9.17, 15) is 4.79 Å². The molecule has 0 unspecified atom stereocenters. The van der Waals surface area contributed by atoms with E-state index in [0.29, 0.717) is 25.0 Å². The third-order valence-electron chi connectivity index (χ3n) is 5.55. The summed E-state index contributed by atoms with van der Waals surface area (Å²) in [5, 5.41) is 0. The van der Waals surface area contributed by atoms with Crippen LogP contribution in [-0.4, -0.2) is 59.7 Å². The quantitative estimate of drug-likeness (QED) is 0.793. The van der Waals surface area contributed by atoms with Crippen molar-refractivity contribution in [2.24, 2.45) is 0 Å². The van der Waals surface area contributed by atoms with Crippen LogP contribution >= 0.6 is 0 Å². The normalized spacial score (nSPS) is 21.4. The first-order valence-corrected chi connectivity index (χ1v) is 10.1. The average Bonchev–Trinajstić information content (AvgIpc) is 3.07. The number of piperidine rings is 1. The van der Waals surface area contributed by atoms with E-state index >= 15 is 0 Å². The average molecular weight is 381 g/mol.